The van der Waals surface area contributed by atoms with Crippen LogP contribution in [0.3, 0.4) is 0 Å². The SMILES string of the molecule is CC1=C(c2nc(-c3ccc(C)cc3)no2)C(c2cccc(F)c2)NC(=S)N1Cc1ccc(F)cc1. The van der Waals surface area contributed by atoms with Crippen molar-refractivity contribution >= 4 is 22.9 Å². The van der Waals surface area contributed by atoms with Gasteiger partial charge in [-0.3, -0.25) is 0 Å². The Hall–Kier alpha value is -3.91. The van der Waals surface area contributed by atoms with Gasteiger partial charge in [0.15, 0.2) is 5.11 Å². The molecule has 1 aromatic heterocycles. The molecule has 0 fully saturated rings. The number of nitrogens with zero attached hydrogens (tertiary/aromatic N) is 3. The van der Waals surface area contributed by atoms with Gasteiger partial charge >= 0.3 is 0 Å². The minimum Gasteiger partial charge on any atom is -0.351 e. The Balaban J connectivity index is 1.59. The van der Waals surface area contributed by atoms with Crippen molar-refractivity contribution in [3.8, 4) is 11.4 Å². The lowest BCUT2D eigenvalue weighted by Crippen LogP contribution is -2.45. The van der Waals surface area contributed by atoms with Crippen molar-refractivity contribution in [2.24, 2.45) is 0 Å². The zero-order valence-corrected chi connectivity index (χ0v) is 19.9. The standard InChI is InChI=1S/C27H22F2N4OS/c1-16-6-10-19(11-7-16)25-31-26(34-32-25)23-17(2)33(15-18-8-12-21(28)13-9-18)27(35)30-24(23)20-4-3-5-22(29)14-20/h3-14,24H,15H2,1-2H3,(H,30,35). The Morgan fingerprint density at radius 2 is 1.71 bits per heavy atom. The largest absolute Gasteiger partial charge is 0.351 e. The van der Waals surface area contributed by atoms with Crippen LogP contribution in [0.15, 0.2) is 83.0 Å². The normalized spacial score (nSPS) is 15.9. The fraction of sp³-hybridized carbons (Fsp3) is 0.148. The monoisotopic (exact) mass is 488 g/mol. The van der Waals surface area contributed by atoms with Crippen molar-refractivity contribution in [1.29, 1.82) is 0 Å². The van der Waals surface area contributed by atoms with Crippen LogP contribution in [0, 0.1) is 18.6 Å². The van der Waals surface area contributed by atoms with Crippen molar-refractivity contribution in [3.63, 3.8) is 0 Å². The lowest BCUT2D eigenvalue weighted by atomic mass is 9.94. The fourth-order valence-electron chi connectivity index (χ4n) is 4.11. The van der Waals surface area contributed by atoms with E-state index in [2.05, 4.69) is 15.5 Å². The maximum atomic E-state index is 14.1. The van der Waals surface area contributed by atoms with Gasteiger partial charge in [-0.1, -0.05) is 59.3 Å². The number of hydrogen-bond acceptors (Lipinski definition) is 4. The summed E-state index contributed by atoms with van der Waals surface area (Å²) in [5.41, 5.74) is 4.99. The first-order valence-electron chi connectivity index (χ1n) is 11.1. The van der Waals surface area contributed by atoms with Gasteiger partial charge in [-0.05, 0) is 61.5 Å². The molecular formula is C27H22F2N4OS. The topological polar surface area (TPSA) is 54.2 Å². The van der Waals surface area contributed by atoms with Gasteiger partial charge in [0.25, 0.3) is 5.89 Å². The summed E-state index contributed by atoms with van der Waals surface area (Å²) < 4.78 is 33.3. The van der Waals surface area contributed by atoms with Gasteiger partial charge in [-0.25, -0.2) is 8.78 Å². The van der Waals surface area contributed by atoms with Gasteiger partial charge in [0.05, 0.1) is 11.6 Å². The Labute approximate surface area is 207 Å². The molecule has 1 atom stereocenters. The highest BCUT2D eigenvalue weighted by Crippen LogP contribution is 2.38. The van der Waals surface area contributed by atoms with Gasteiger partial charge in [0.2, 0.25) is 5.82 Å². The van der Waals surface area contributed by atoms with Crippen LogP contribution in [-0.4, -0.2) is 20.2 Å². The summed E-state index contributed by atoms with van der Waals surface area (Å²) >= 11 is 5.68. The number of aromatic nitrogens is 2. The Kier molecular flexibility index (Phi) is 6.13. The molecule has 1 unspecified atom stereocenters. The molecule has 5 rings (SSSR count). The molecule has 1 N–H and O–H groups in total. The lowest BCUT2D eigenvalue weighted by Gasteiger charge is -2.37. The van der Waals surface area contributed by atoms with Crippen LogP contribution in [0.4, 0.5) is 8.78 Å². The molecular weight excluding hydrogens is 466 g/mol. The third kappa shape index (κ3) is 4.70. The average Bonchev–Trinajstić information content (AvgIpc) is 3.33. The Morgan fingerprint density at radius 3 is 2.43 bits per heavy atom. The van der Waals surface area contributed by atoms with E-state index in [1.165, 1.54) is 24.3 Å². The molecule has 1 aliphatic heterocycles. The van der Waals surface area contributed by atoms with Crippen molar-refractivity contribution in [1.82, 2.24) is 20.4 Å². The summed E-state index contributed by atoms with van der Waals surface area (Å²) in [4.78, 5) is 6.56. The fourth-order valence-corrected chi connectivity index (χ4v) is 4.43. The smallest absolute Gasteiger partial charge is 0.258 e. The molecule has 2 heterocycles. The highest BCUT2D eigenvalue weighted by Gasteiger charge is 2.34. The minimum atomic E-state index is -0.492. The van der Waals surface area contributed by atoms with E-state index in [0.717, 1.165) is 22.4 Å². The van der Waals surface area contributed by atoms with E-state index in [1.807, 2.05) is 49.1 Å². The summed E-state index contributed by atoms with van der Waals surface area (Å²) in [5.74, 6) is 0.108. The van der Waals surface area contributed by atoms with E-state index in [0.29, 0.717) is 34.5 Å². The number of thiocarbonyl (C=S) groups is 1. The third-order valence-electron chi connectivity index (χ3n) is 6.00. The Bertz CT molecular complexity index is 1410. The molecule has 0 amide bonds. The van der Waals surface area contributed by atoms with E-state index in [-0.39, 0.29) is 11.6 Å². The first-order chi connectivity index (χ1) is 16.9. The predicted molar refractivity (Wildman–Crippen MR) is 134 cm³/mol. The molecule has 0 spiro atoms. The van der Waals surface area contributed by atoms with Gasteiger partial charge in [0.1, 0.15) is 11.6 Å². The molecule has 0 radical (unpaired) electrons. The van der Waals surface area contributed by atoms with Gasteiger partial charge in [-0.15, -0.1) is 0 Å². The second-order valence-corrected chi connectivity index (χ2v) is 8.83. The molecule has 0 saturated carbocycles. The number of hydrogen-bond donors (Lipinski definition) is 1. The van der Waals surface area contributed by atoms with Crippen molar-refractivity contribution in [2.75, 3.05) is 0 Å². The summed E-state index contributed by atoms with van der Waals surface area (Å²) in [7, 11) is 0. The number of allylic oxidation sites excluding steroid dienone is 1. The molecule has 0 bridgehead atoms. The van der Waals surface area contributed by atoms with Crippen LogP contribution in [0.25, 0.3) is 17.0 Å². The number of rotatable bonds is 5. The zero-order valence-electron chi connectivity index (χ0n) is 19.1. The summed E-state index contributed by atoms with van der Waals surface area (Å²) in [5, 5.41) is 7.96. The molecule has 3 aromatic carbocycles. The molecule has 4 aromatic rings. The summed E-state index contributed by atoms with van der Waals surface area (Å²) in [6.45, 7) is 4.33. The van der Waals surface area contributed by atoms with Gasteiger partial charge < -0.3 is 14.7 Å². The van der Waals surface area contributed by atoms with Gasteiger partial charge in [-0.2, -0.15) is 4.98 Å². The zero-order chi connectivity index (χ0) is 24.5. The highest BCUT2D eigenvalue weighted by molar-refractivity contribution is 7.80. The number of nitrogens with one attached hydrogen (secondary N) is 1. The number of aryl methyl sites for hydroxylation is 1. The van der Waals surface area contributed by atoms with Crippen LogP contribution < -0.4 is 5.32 Å². The highest BCUT2D eigenvalue weighted by atomic mass is 32.1. The average molecular weight is 489 g/mol. The number of benzene rings is 3. The van der Waals surface area contributed by atoms with Crippen molar-refractivity contribution < 1.29 is 13.3 Å². The third-order valence-corrected chi connectivity index (χ3v) is 6.34. The molecule has 1 aliphatic rings. The summed E-state index contributed by atoms with van der Waals surface area (Å²) in [6, 6.07) is 19.9. The second kappa shape index (κ2) is 9.38. The molecule has 0 saturated heterocycles. The molecule has 35 heavy (non-hydrogen) atoms. The molecule has 8 heteroatoms. The number of halogens is 2. The minimum absolute atomic E-state index is 0.304. The van der Waals surface area contributed by atoms with E-state index in [9.17, 15) is 8.78 Å². The van der Waals surface area contributed by atoms with Crippen LogP contribution in [0.5, 0.6) is 0 Å². The predicted octanol–water partition coefficient (Wildman–Crippen LogP) is 6.19. The van der Waals surface area contributed by atoms with E-state index in [4.69, 9.17) is 16.7 Å². The van der Waals surface area contributed by atoms with Crippen molar-refractivity contribution in [3.05, 3.63) is 113 Å². The lowest BCUT2D eigenvalue weighted by molar-refractivity contribution is 0.396. The quantitative estimate of drug-likeness (QED) is 0.338. The Morgan fingerprint density at radius 1 is 0.971 bits per heavy atom. The van der Waals surface area contributed by atoms with E-state index >= 15 is 0 Å². The van der Waals surface area contributed by atoms with Crippen LogP contribution in [0.2, 0.25) is 0 Å². The van der Waals surface area contributed by atoms with E-state index in [1.54, 1.807) is 18.2 Å². The van der Waals surface area contributed by atoms with Crippen LogP contribution >= 0.6 is 12.2 Å². The summed E-state index contributed by atoms with van der Waals surface area (Å²) in [6.07, 6.45) is 0. The molecule has 176 valence electrons. The van der Waals surface area contributed by atoms with Gasteiger partial charge in [0, 0.05) is 17.8 Å². The van der Waals surface area contributed by atoms with E-state index < -0.39 is 6.04 Å². The molecule has 0 aliphatic carbocycles. The van der Waals surface area contributed by atoms with Crippen LogP contribution in [0.1, 0.15) is 35.5 Å². The first-order valence-corrected chi connectivity index (χ1v) is 11.5. The van der Waals surface area contributed by atoms with Crippen LogP contribution in [-0.2, 0) is 6.54 Å². The maximum Gasteiger partial charge on any atom is 0.258 e. The first kappa shape index (κ1) is 22.9. The molecule has 5 nitrogen and oxygen atoms in total. The second-order valence-electron chi connectivity index (χ2n) is 8.44. The van der Waals surface area contributed by atoms with Crippen molar-refractivity contribution in [2.45, 2.75) is 26.4 Å². The maximum absolute atomic E-state index is 14.1.